The molecule has 0 spiro atoms. The first-order valence-corrected chi connectivity index (χ1v) is 6.58. The Morgan fingerprint density at radius 2 is 2.00 bits per heavy atom. The van der Waals surface area contributed by atoms with Crippen molar-refractivity contribution in [3.05, 3.63) is 35.4 Å². The first-order valence-electron chi connectivity index (χ1n) is 6.58. The van der Waals surface area contributed by atoms with Crippen molar-refractivity contribution in [1.29, 1.82) is 0 Å². The molecule has 0 aliphatic heterocycles. The molecule has 0 bridgehead atoms. The maximum Gasteiger partial charge on any atom is 0.406 e. The van der Waals surface area contributed by atoms with Gasteiger partial charge in [0.1, 0.15) is 6.54 Å². The fourth-order valence-electron chi connectivity index (χ4n) is 1.97. The minimum Gasteiger partial charge on any atom is -0.395 e. The molecule has 0 aliphatic rings. The van der Waals surface area contributed by atoms with Gasteiger partial charge in [0.15, 0.2) is 0 Å². The molecule has 0 radical (unpaired) electrons. The van der Waals surface area contributed by atoms with Crippen LogP contribution in [-0.2, 0) is 6.42 Å². The number of carbonyl (C=O) groups excluding carboxylic acids is 1. The van der Waals surface area contributed by atoms with E-state index in [1.807, 2.05) is 0 Å². The zero-order valence-corrected chi connectivity index (χ0v) is 11.8. The zero-order chi connectivity index (χ0) is 15.9. The molecule has 1 rings (SSSR count). The summed E-state index contributed by atoms with van der Waals surface area (Å²) < 4.78 is 37.6. The summed E-state index contributed by atoms with van der Waals surface area (Å²) in [5, 5.41) is 11.8. The number of amides is 1. The number of halogens is 3. The molecule has 0 saturated heterocycles. The number of aliphatic hydroxyl groups excluding tert-OH is 1. The Hall–Kier alpha value is -1.60. The molecule has 0 aromatic heterocycles. The topological polar surface area (TPSA) is 52.6 Å². The highest BCUT2D eigenvalue weighted by Crippen LogP contribution is 2.19. The van der Waals surface area contributed by atoms with Gasteiger partial charge in [0.25, 0.3) is 5.91 Å². The van der Waals surface area contributed by atoms with Crippen LogP contribution in [0.3, 0.4) is 0 Å². The smallest absolute Gasteiger partial charge is 0.395 e. The molecule has 1 aromatic rings. The van der Waals surface area contributed by atoms with Gasteiger partial charge in [-0.05, 0) is 31.6 Å². The third-order valence-electron chi connectivity index (χ3n) is 2.92. The number of likely N-dealkylation sites (N-methyl/N-ethyl adjacent to an activating group) is 1. The van der Waals surface area contributed by atoms with E-state index in [4.69, 9.17) is 5.11 Å². The fourth-order valence-corrected chi connectivity index (χ4v) is 1.97. The summed E-state index contributed by atoms with van der Waals surface area (Å²) in [5.41, 5.74) is 0.924. The second-order valence-electron chi connectivity index (χ2n) is 4.58. The molecule has 0 heterocycles. The number of alkyl halides is 3. The number of hydrogen-bond donors (Lipinski definition) is 2. The number of carbonyl (C=O) groups is 1. The lowest BCUT2D eigenvalue weighted by atomic mass is 10.0. The lowest BCUT2D eigenvalue weighted by Gasteiger charge is -2.24. The van der Waals surface area contributed by atoms with Gasteiger partial charge < -0.3 is 15.3 Å². The molecule has 7 heteroatoms. The van der Waals surface area contributed by atoms with Crippen LogP contribution in [0.2, 0.25) is 0 Å². The predicted molar refractivity (Wildman–Crippen MR) is 73.1 cm³/mol. The van der Waals surface area contributed by atoms with E-state index < -0.39 is 25.2 Å². The van der Waals surface area contributed by atoms with Gasteiger partial charge in [-0.2, -0.15) is 13.2 Å². The van der Waals surface area contributed by atoms with Crippen molar-refractivity contribution in [2.45, 2.75) is 12.6 Å². The van der Waals surface area contributed by atoms with Gasteiger partial charge in [0.2, 0.25) is 0 Å². The monoisotopic (exact) mass is 304 g/mol. The first kappa shape index (κ1) is 17.5. The summed E-state index contributed by atoms with van der Waals surface area (Å²) in [6.45, 7) is -1.62. The Morgan fingerprint density at radius 1 is 1.33 bits per heavy atom. The minimum absolute atomic E-state index is 0.241. The average Bonchev–Trinajstić information content (AvgIpc) is 2.43. The van der Waals surface area contributed by atoms with Crippen LogP contribution in [-0.4, -0.2) is 55.4 Å². The van der Waals surface area contributed by atoms with E-state index in [1.165, 1.54) is 6.07 Å². The van der Waals surface area contributed by atoms with E-state index >= 15 is 0 Å². The van der Waals surface area contributed by atoms with Gasteiger partial charge in [-0.25, -0.2) is 0 Å². The van der Waals surface area contributed by atoms with E-state index in [0.29, 0.717) is 23.4 Å². The predicted octanol–water partition coefficient (Wildman–Crippen LogP) is 1.45. The van der Waals surface area contributed by atoms with Gasteiger partial charge in [-0.3, -0.25) is 4.79 Å². The summed E-state index contributed by atoms with van der Waals surface area (Å²) in [6.07, 6.45) is -3.96. The van der Waals surface area contributed by atoms with E-state index in [2.05, 4.69) is 5.32 Å². The van der Waals surface area contributed by atoms with Gasteiger partial charge in [-0.1, -0.05) is 18.2 Å². The molecular formula is C14H19F3N2O2. The molecule has 1 aromatic carbocycles. The molecule has 4 nitrogen and oxygen atoms in total. The average molecular weight is 304 g/mol. The maximum atomic E-state index is 12.5. The molecule has 118 valence electrons. The van der Waals surface area contributed by atoms with Crippen molar-refractivity contribution in [2.75, 3.05) is 33.3 Å². The van der Waals surface area contributed by atoms with Crippen LogP contribution in [0.1, 0.15) is 15.9 Å². The Balaban J connectivity index is 2.97. The second-order valence-corrected chi connectivity index (χ2v) is 4.58. The summed E-state index contributed by atoms with van der Waals surface area (Å²) in [6, 6.07) is 6.58. The van der Waals surface area contributed by atoms with Crippen molar-refractivity contribution in [3.8, 4) is 0 Å². The van der Waals surface area contributed by atoms with Crippen LogP contribution in [0.4, 0.5) is 13.2 Å². The number of benzene rings is 1. The lowest BCUT2D eigenvalue weighted by molar-refractivity contribution is -0.141. The van der Waals surface area contributed by atoms with E-state index in [9.17, 15) is 18.0 Å². The fraction of sp³-hybridized carbons (Fsp3) is 0.500. The number of hydrogen-bond acceptors (Lipinski definition) is 3. The number of rotatable bonds is 7. The molecule has 0 saturated carbocycles. The van der Waals surface area contributed by atoms with E-state index in [-0.39, 0.29) is 12.1 Å². The van der Waals surface area contributed by atoms with Crippen molar-refractivity contribution < 1.29 is 23.1 Å². The van der Waals surface area contributed by atoms with Crippen LogP contribution < -0.4 is 5.32 Å². The first-order chi connectivity index (χ1) is 9.89. The van der Waals surface area contributed by atoms with Crippen molar-refractivity contribution in [2.24, 2.45) is 0 Å². The highest BCUT2D eigenvalue weighted by molar-refractivity contribution is 5.95. The molecular weight excluding hydrogens is 285 g/mol. The van der Waals surface area contributed by atoms with Crippen LogP contribution in [0.5, 0.6) is 0 Å². The van der Waals surface area contributed by atoms with Crippen LogP contribution in [0.25, 0.3) is 0 Å². The molecule has 0 aliphatic carbocycles. The van der Waals surface area contributed by atoms with Gasteiger partial charge in [-0.15, -0.1) is 0 Å². The summed E-state index contributed by atoms with van der Waals surface area (Å²) in [7, 11) is 1.76. The molecule has 0 atom stereocenters. The molecule has 21 heavy (non-hydrogen) atoms. The van der Waals surface area contributed by atoms with Crippen molar-refractivity contribution in [3.63, 3.8) is 0 Å². The Kier molecular flexibility index (Phi) is 6.64. The van der Waals surface area contributed by atoms with E-state index in [0.717, 1.165) is 0 Å². The zero-order valence-electron chi connectivity index (χ0n) is 11.8. The van der Waals surface area contributed by atoms with Crippen LogP contribution in [0, 0.1) is 0 Å². The highest BCUT2D eigenvalue weighted by atomic mass is 19.4. The Bertz CT molecular complexity index is 464. The van der Waals surface area contributed by atoms with Gasteiger partial charge in [0, 0.05) is 12.1 Å². The minimum atomic E-state index is -4.50. The van der Waals surface area contributed by atoms with Crippen molar-refractivity contribution in [1.82, 2.24) is 10.2 Å². The second kappa shape index (κ2) is 7.99. The maximum absolute atomic E-state index is 12.5. The summed E-state index contributed by atoms with van der Waals surface area (Å²) in [4.78, 5) is 12.9. The number of nitrogens with zero attached hydrogens (tertiary/aromatic N) is 1. The summed E-state index contributed by atoms with van der Waals surface area (Å²) in [5.74, 6) is -0.715. The van der Waals surface area contributed by atoms with Gasteiger partial charge in [0.05, 0.1) is 6.61 Å². The van der Waals surface area contributed by atoms with Crippen molar-refractivity contribution >= 4 is 5.91 Å². The third kappa shape index (κ3) is 5.73. The highest BCUT2D eigenvalue weighted by Gasteiger charge is 2.33. The third-order valence-corrected chi connectivity index (χ3v) is 2.92. The number of aliphatic hydroxyl groups is 1. The SMILES string of the molecule is CNCCc1ccccc1C(=O)N(CCO)CC(F)(F)F. The van der Waals surface area contributed by atoms with Crippen LogP contribution in [0.15, 0.2) is 24.3 Å². The molecule has 0 fully saturated rings. The largest absolute Gasteiger partial charge is 0.406 e. The molecule has 1 amide bonds. The number of nitrogens with one attached hydrogen (secondary N) is 1. The normalized spacial score (nSPS) is 11.5. The summed E-state index contributed by atoms with van der Waals surface area (Å²) >= 11 is 0. The standard InChI is InChI=1S/C14H19F3N2O2/c1-18-7-6-11-4-2-3-5-12(11)13(21)19(8-9-20)10-14(15,16)17/h2-5,18,20H,6-10H2,1H3. The molecule has 0 unspecified atom stereocenters. The lowest BCUT2D eigenvalue weighted by Crippen LogP contribution is -2.41. The van der Waals surface area contributed by atoms with Gasteiger partial charge >= 0.3 is 6.18 Å². The Labute approximate surface area is 121 Å². The van der Waals surface area contributed by atoms with Crippen LogP contribution >= 0.6 is 0 Å². The quantitative estimate of drug-likeness (QED) is 0.801. The Morgan fingerprint density at radius 3 is 2.57 bits per heavy atom. The van der Waals surface area contributed by atoms with E-state index in [1.54, 1.807) is 25.2 Å². The molecule has 2 N–H and O–H groups in total.